The van der Waals surface area contributed by atoms with Crippen molar-refractivity contribution in [2.45, 2.75) is 63.7 Å². The first-order valence-corrected chi connectivity index (χ1v) is 13.0. The molecule has 3 rings (SSSR count). The van der Waals surface area contributed by atoms with Crippen molar-refractivity contribution in [2.24, 2.45) is 5.92 Å². The normalized spacial score (nSPS) is 24.5. The number of alkyl halides is 3. The molecule has 2 aliphatic rings. The third-order valence-electron chi connectivity index (χ3n) is 6.55. The molecule has 1 heterocycles. The second-order valence-electron chi connectivity index (χ2n) is 8.81. The van der Waals surface area contributed by atoms with Crippen LogP contribution < -0.4 is 4.72 Å². The average molecular weight is 497 g/mol. The molecule has 1 aromatic rings. The van der Waals surface area contributed by atoms with Gasteiger partial charge in [-0.2, -0.15) is 13.2 Å². The molecule has 1 amide bonds. The van der Waals surface area contributed by atoms with Crippen LogP contribution in [0.4, 0.5) is 13.2 Å². The highest BCUT2D eigenvalue weighted by Gasteiger charge is 2.36. The minimum absolute atomic E-state index is 0.0822. The van der Waals surface area contributed by atoms with Crippen LogP contribution in [0.3, 0.4) is 0 Å². The topological polar surface area (TPSA) is 66.5 Å². The van der Waals surface area contributed by atoms with Gasteiger partial charge in [0.25, 0.3) is 0 Å². The second-order valence-corrected chi connectivity index (χ2v) is 10.6. The van der Waals surface area contributed by atoms with Crippen LogP contribution in [-0.4, -0.2) is 38.0 Å². The highest BCUT2D eigenvalue weighted by Crippen LogP contribution is 2.36. The fourth-order valence-corrected chi connectivity index (χ4v) is 5.74. The second kappa shape index (κ2) is 10.9. The van der Waals surface area contributed by atoms with Crippen molar-refractivity contribution in [2.75, 3.05) is 6.54 Å². The van der Waals surface area contributed by atoms with Crippen LogP contribution in [-0.2, 0) is 14.8 Å². The van der Waals surface area contributed by atoms with Gasteiger partial charge in [0.1, 0.15) is 0 Å². The number of halogens is 3. The molecule has 34 heavy (non-hydrogen) atoms. The Hall–Kier alpha value is -2.39. The molecule has 5 nitrogen and oxygen atoms in total. The molecule has 2 fully saturated rings. The summed E-state index contributed by atoms with van der Waals surface area (Å²) in [5.41, 5.74) is 0.187. The van der Waals surface area contributed by atoms with Crippen molar-refractivity contribution in [3.63, 3.8) is 0 Å². The Balaban J connectivity index is 1.55. The van der Waals surface area contributed by atoms with Gasteiger partial charge in [0.15, 0.2) is 0 Å². The molecular weight excluding hydrogens is 465 g/mol. The predicted molar refractivity (Wildman–Crippen MR) is 126 cm³/mol. The van der Waals surface area contributed by atoms with Gasteiger partial charge >= 0.3 is 6.18 Å². The standard InChI is InChI=1S/C25H31F3N2O3S/c1-3-21(25(26,27)28)14-11-18(2)34(32,33)29-22-15-12-20(13-16-22)24(31)30-17-7-10-23(30)19-8-5-4-6-9-19/h3-6,8-9,11,14,20,22-23,29H,2,7,10,12-13,15-17H2,1H3. The molecule has 1 atom stereocenters. The van der Waals surface area contributed by atoms with Gasteiger partial charge in [-0.05, 0) is 63.2 Å². The van der Waals surface area contributed by atoms with Gasteiger partial charge in [0.2, 0.25) is 15.9 Å². The van der Waals surface area contributed by atoms with E-state index in [4.69, 9.17) is 0 Å². The molecule has 0 aromatic heterocycles. The van der Waals surface area contributed by atoms with Crippen LogP contribution in [0, 0.1) is 5.92 Å². The van der Waals surface area contributed by atoms with Gasteiger partial charge in [0.05, 0.1) is 16.5 Å². The Kier molecular flexibility index (Phi) is 8.41. The summed E-state index contributed by atoms with van der Waals surface area (Å²) in [6, 6.07) is 9.67. The number of carbonyl (C=O) groups excluding carboxylic acids is 1. The lowest BCUT2D eigenvalue weighted by atomic mass is 9.85. The largest absolute Gasteiger partial charge is 0.416 e. The van der Waals surface area contributed by atoms with Gasteiger partial charge < -0.3 is 4.90 Å². The third-order valence-corrected chi connectivity index (χ3v) is 8.02. The summed E-state index contributed by atoms with van der Waals surface area (Å²) in [6.07, 6.45) is 1.84. The Labute approximate surface area is 199 Å². The van der Waals surface area contributed by atoms with Crippen molar-refractivity contribution >= 4 is 15.9 Å². The van der Waals surface area contributed by atoms with E-state index >= 15 is 0 Å². The number of benzene rings is 1. The highest BCUT2D eigenvalue weighted by molar-refractivity contribution is 7.93. The van der Waals surface area contributed by atoms with E-state index in [0.717, 1.165) is 37.1 Å². The summed E-state index contributed by atoms with van der Waals surface area (Å²) in [6.45, 7) is 5.37. The van der Waals surface area contributed by atoms with Gasteiger partial charge in [-0.1, -0.05) is 43.0 Å². The van der Waals surface area contributed by atoms with E-state index in [1.165, 1.54) is 6.92 Å². The van der Waals surface area contributed by atoms with E-state index in [1.807, 2.05) is 35.2 Å². The number of sulfonamides is 1. The number of hydrogen-bond donors (Lipinski definition) is 1. The van der Waals surface area contributed by atoms with E-state index in [2.05, 4.69) is 11.3 Å². The smallest absolute Gasteiger partial charge is 0.335 e. The van der Waals surface area contributed by atoms with Crippen molar-refractivity contribution < 1.29 is 26.4 Å². The molecule has 0 radical (unpaired) electrons. The van der Waals surface area contributed by atoms with Gasteiger partial charge in [-0.25, -0.2) is 13.1 Å². The lowest BCUT2D eigenvalue weighted by Gasteiger charge is -2.33. The summed E-state index contributed by atoms with van der Waals surface area (Å²) < 4.78 is 66.1. The number of rotatable bonds is 7. The molecule has 9 heteroatoms. The first kappa shape index (κ1) is 26.2. The Bertz CT molecular complexity index is 1040. The zero-order chi connectivity index (χ0) is 24.9. The van der Waals surface area contributed by atoms with E-state index in [9.17, 15) is 26.4 Å². The van der Waals surface area contributed by atoms with Crippen molar-refractivity contribution in [3.05, 3.63) is 71.2 Å². The number of amides is 1. The fraction of sp³-hybridized carbons (Fsp3) is 0.480. The molecule has 1 aliphatic heterocycles. The number of hydrogen-bond acceptors (Lipinski definition) is 3. The fourth-order valence-electron chi connectivity index (χ4n) is 4.67. The monoisotopic (exact) mass is 496 g/mol. The number of nitrogens with one attached hydrogen (secondary N) is 1. The molecule has 0 bridgehead atoms. The van der Waals surface area contributed by atoms with Gasteiger partial charge in [0, 0.05) is 18.5 Å². The van der Waals surface area contributed by atoms with Crippen LogP contribution in [0.2, 0.25) is 0 Å². The van der Waals surface area contributed by atoms with Crippen molar-refractivity contribution in [1.29, 1.82) is 0 Å². The number of nitrogens with zero attached hydrogens (tertiary/aromatic N) is 1. The minimum Gasteiger partial charge on any atom is -0.335 e. The third kappa shape index (κ3) is 6.39. The summed E-state index contributed by atoms with van der Waals surface area (Å²) in [4.78, 5) is 14.7. The van der Waals surface area contributed by atoms with Gasteiger partial charge in [-0.15, -0.1) is 0 Å². The Morgan fingerprint density at radius 3 is 2.32 bits per heavy atom. The SMILES string of the molecule is C=C(C=CC(=CC)C(F)(F)F)S(=O)(=O)NC1CCC(C(=O)N2CCCC2c2ccccc2)CC1. The highest BCUT2D eigenvalue weighted by atomic mass is 32.2. The number of carbonyl (C=O) groups is 1. The molecule has 1 aliphatic carbocycles. The molecular formula is C25H31F3N2O3S. The lowest BCUT2D eigenvalue weighted by Crippen LogP contribution is -2.42. The quantitative estimate of drug-likeness (QED) is 0.514. The predicted octanol–water partition coefficient (Wildman–Crippen LogP) is 5.41. The van der Waals surface area contributed by atoms with Gasteiger partial charge in [-0.3, -0.25) is 4.79 Å². The first-order valence-electron chi connectivity index (χ1n) is 11.5. The van der Waals surface area contributed by atoms with E-state index in [-0.39, 0.29) is 23.9 Å². The Morgan fingerprint density at radius 2 is 1.74 bits per heavy atom. The lowest BCUT2D eigenvalue weighted by molar-refractivity contribution is -0.137. The van der Waals surface area contributed by atoms with Crippen LogP contribution in [0.5, 0.6) is 0 Å². The summed E-state index contributed by atoms with van der Waals surface area (Å²) in [5.74, 6) is -0.0387. The van der Waals surface area contributed by atoms with Crippen LogP contribution in [0.25, 0.3) is 0 Å². The Morgan fingerprint density at radius 1 is 1.09 bits per heavy atom. The summed E-state index contributed by atoms with van der Waals surface area (Å²) in [5, 5.41) is 0. The maximum absolute atomic E-state index is 13.2. The first-order chi connectivity index (χ1) is 16.0. The van der Waals surface area contributed by atoms with Crippen molar-refractivity contribution in [1.82, 2.24) is 9.62 Å². The molecule has 186 valence electrons. The van der Waals surface area contributed by atoms with Crippen molar-refractivity contribution in [3.8, 4) is 0 Å². The maximum Gasteiger partial charge on any atom is 0.416 e. The molecule has 1 N–H and O–H groups in total. The number of allylic oxidation sites excluding steroid dienone is 4. The number of likely N-dealkylation sites (tertiary alicyclic amines) is 1. The van der Waals surface area contributed by atoms with E-state index in [0.29, 0.717) is 31.8 Å². The molecule has 1 unspecified atom stereocenters. The zero-order valence-electron chi connectivity index (χ0n) is 19.2. The maximum atomic E-state index is 13.2. The van der Waals surface area contributed by atoms with Crippen LogP contribution in [0.1, 0.15) is 57.1 Å². The zero-order valence-corrected chi connectivity index (χ0v) is 20.0. The molecule has 1 aromatic carbocycles. The van der Waals surface area contributed by atoms with E-state index < -0.39 is 26.7 Å². The minimum atomic E-state index is -4.57. The summed E-state index contributed by atoms with van der Waals surface area (Å²) in [7, 11) is -4.03. The average Bonchev–Trinajstić information content (AvgIpc) is 3.29. The van der Waals surface area contributed by atoms with Crippen LogP contribution >= 0.6 is 0 Å². The van der Waals surface area contributed by atoms with E-state index in [1.54, 1.807) is 0 Å². The molecule has 0 spiro atoms. The molecule has 1 saturated carbocycles. The van der Waals surface area contributed by atoms with Crippen LogP contribution in [0.15, 0.2) is 65.6 Å². The summed E-state index contributed by atoms with van der Waals surface area (Å²) >= 11 is 0. The molecule has 1 saturated heterocycles.